The second-order valence-electron chi connectivity index (χ2n) is 4.51. The number of carboxylic acid groups (broad SMARTS) is 1. The van der Waals surface area contributed by atoms with E-state index in [-0.39, 0.29) is 5.84 Å². The lowest BCUT2D eigenvalue weighted by Gasteiger charge is -2.03. The molecular weight excluding hydrogens is 377 g/mol. The number of amidine groups is 1. The smallest absolute Gasteiger partial charge is 0.475 e. The molecule has 3 rings (SSSR count). The number of halogens is 3. The molecule has 1 aromatic carbocycles. The summed E-state index contributed by atoms with van der Waals surface area (Å²) in [6.07, 6.45) is -3.32. The average Bonchev–Trinajstić information content (AvgIpc) is 3.16. The second kappa shape index (κ2) is 7.49. The molecule has 0 atom stereocenters. The summed E-state index contributed by atoms with van der Waals surface area (Å²) in [5.41, 5.74) is 6.52. The van der Waals surface area contributed by atoms with Crippen molar-refractivity contribution in [1.82, 2.24) is 4.98 Å². The van der Waals surface area contributed by atoms with Crippen molar-refractivity contribution in [2.75, 3.05) is 5.32 Å². The molecular formula is C14H11F3N4O2S2. The third kappa shape index (κ3) is 4.90. The minimum Gasteiger partial charge on any atom is -0.475 e. The van der Waals surface area contributed by atoms with E-state index >= 15 is 0 Å². The van der Waals surface area contributed by atoms with Gasteiger partial charge in [0.05, 0.1) is 4.88 Å². The zero-order valence-corrected chi connectivity index (χ0v) is 13.9. The molecule has 6 nitrogen and oxygen atoms in total. The standard InChI is InChI=1S/C12H10N4S2.C2HF3O2/c13-11(14)10-6-7-8(2-1-3-9(7)18-10)16-12-15-4-5-17-12;3-2(4,5)1(6)7/h1-6H,(H3,13,14)(H,15,16);(H,6,7). The van der Waals surface area contributed by atoms with E-state index in [2.05, 4.69) is 10.3 Å². The van der Waals surface area contributed by atoms with E-state index in [1.165, 1.54) is 11.3 Å². The highest BCUT2D eigenvalue weighted by Crippen LogP contribution is 2.33. The summed E-state index contributed by atoms with van der Waals surface area (Å²) in [4.78, 5) is 13.9. The van der Waals surface area contributed by atoms with Crippen LogP contribution in [0.2, 0.25) is 0 Å². The highest BCUT2D eigenvalue weighted by atomic mass is 32.1. The highest BCUT2D eigenvalue weighted by molar-refractivity contribution is 7.21. The van der Waals surface area contributed by atoms with Crippen LogP contribution in [0, 0.1) is 5.41 Å². The predicted molar refractivity (Wildman–Crippen MR) is 91.9 cm³/mol. The number of fused-ring (bicyclic) bond motifs is 1. The molecule has 132 valence electrons. The normalized spacial score (nSPS) is 10.8. The van der Waals surface area contributed by atoms with E-state index in [1.807, 2.05) is 29.6 Å². The molecule has 0 amide bonds. The van der Waals surface area contributed by atoms with Crippen LogP contribution in [0.3, 0.4) is 0 Å². The number of anilines is 2. The van der Waals surface area contributed by atoms with E-state index in [0.717, 1.165) is 25.8 Å². The summed E-state index contributed by atoms with van der Waals surface area (Å²) in [7, 11) is 0. The quantitative estimate of drug-likeness (QED) is 0.400. The molecule has 2 heterocycles. The predicted octanol–water partition coefficient (Wildman–Crippen LogP) is 4.02. The molecule has 0 aliphatic carbocycles. The van der Waals surface area contributed by atoms with Crippen LogP contribution in [0.1, 0.15) is 4.88 Å². The lowest BCUT2D eigenvalue weighted by Crippen LogP contribution is -2.21. The van der Waals surface area contributed by atoms with Gasteiger partial charge in [0.1, 0.15) is 5.84 Å². The summed E-state index contributed by atoms with van der Waals surface area (Å²) in [5, 5.41) is 21.8. The number of aliphatic carboxylic acids is 1. The van der Waals surface area contributed by atoms with Crippen LogP contribution in [-0.2, 0) is 4.79 Å². The van der Waals surface area contributed by atoms with Crippen LogP contribution < -0.4 is 11.1 Å². The number of aromatic nitrogens is 1. The topological polar surface area (TPSA) is 112 Å². The molecule has 0 saturated heterocycles. The summed E-state index contributed by atoms with van der Waals surface area (Å²) in [6, 6.07) is 7.96. The first-order chi connectivity index (χ1) is 11.7. The van der Waals surface area contributed by atoms with E-state index < -0.39 is 12.1 Å². The number of thiazole rings is 1. The highest BCUT2D eigenvalue weighted by Gasteiger charge is 2.38. The van der Waals surface area contributed by atoms with Gasteiger partial charge in [-0.2, -0.15) is 13.2 Å². The first-order valence-corrected chi connectivity index (χ1v) is 8.21. The lowest BCUT2D eigenvalue weighted by molar-refractivity contribution is -0.192. The van der Waals surface area contributed by atoms with Gasteiger partial charge in [0.25, 0.3) is 0 Å². The molecule has 0 radical (unpaired) electrons. The largest absolute Gasteiger partial charge is 0.490 e. The van der Waals surface area contributed by atoms with Gasteiger partial charge in [-0.3, -0.25) is 5.41 Å². The number of thiophene rings is 1. The lowest BCUT2D eigenvalue weighted by atomic mass is 10.2. The number of hydrogen-bond acceptors (Lipinski definition) is 6. The fourth-order valence-corrected chi connectivity index (χ4v) is 3.19. The molecule has 0 aliphatic heterocycles. The van der Waals surface area contributed by atoms with Crippen LogP contribution in [-0.4, -0.2) is 28.1 Å². The van der Waals surface area contributed by atoms with Gasteiger partial charge >= 0.3 is 12.1 Å². The van der Waals surface area contributed by atoms with Crippen molar-refractivity contribution < 1.29 is 23.1 Å². The van der Waals surface area contributed by atoms with Crippen molar-refractivity contribution in [1.29, 1.82) is 5.41 Å². The number of hydrogen-bond donors (Lipinski definition) is 4. The fraction of sp³-hybridized carbons (Fsp3) is 0.0714. The van der Waals surface area contributed by atoms with E-state index in [1.54, 1.807) is 17.5 Å². The zero-order chi connectivity index (χ0) is 18.6. The van der Waals surface area contributed by atoms with Crippen LogP contribution in [0.15, 0.2) is 35.8 Å². The number of benzene rings is 1. The first kappa shape index (κ1) is 18.7. The number of nitrogens with one attached hydrogen (secondary N) is 2. The first-order valence-electron chi connectivity index (χ1n) is 6.52. The monoisotopic (exact) mass is 388 g/mol. The maximum atomic E-state index is 10.6. The van der Waals surface area contributed by atoms with Crippen molar-refractivity contribution in [2.45, 2.75) is 6.18 Å². The minimum atomic E-state index is -5.08. The third-order valence-electron chi connectivity index (χ3n) is 2.74. The number of carbonyl (C=O) groups is 1. The maximum absolute atomic E-state index is 10.6. The zero-order valence-electron chi connectivity index (χ0n) is 12.3. The molecule has 3 aromatic rings. The molecule has 0 fully saturated rings. The Kier molecular flexibility index (Phi) is 5.59. The molecule has 0 spiro atoms. The Labute approximate surface area is 147 Å². The second-order valence-corrected chi connectivity index (χ2v) is 6.49. The fourth-order valence-electron chi connectivity index (χ4n) is 1.70. The van der Waals surface area contributed by atoms with Crippen molar-refractivity contribution in [3.63, 3.8) is 0 Å². The van der Waals surface area contributed by atoms with Gasteiger partial charge in [-0.05, 0) is 18.2 Å². The van der Waals surface area contributed by atoms with Crippen LogP contribution >= 0.6 is 22.7 Å². The van der Waals surface area contributed by atoms with Gasteiger partial charge in [-0.1, -0.05) is 6.07 Å². The average molecular weight is 388 g/mol. The molecule has 5 N–H and O–H groups in total. The molecule has 11 heteroatoms. The van der Waals surface area contributed by atoms with Gasteiger partial charge < -0.3 is 16.2 Å². The van der Waals surface area contributed by atoms with E-state index in [9.17, 15) is 13.2 Å². The van der Waals surface area contributed by atoms with Crippen LogP contribution in [0.4, 0.5) is 24.0 Å². The van der Waals surface area contributed by atoms with Crippen LogP contribution in [0.25, 0.3) is 10.1 Å². The van der Waals surface area contributed by atoms with Gasteiger partial charge in [0.15, 0.2) is 5.13 Å². The number of nitrogen functional groups attached to an aromatic ring is 1. The maximum Gasteiger partial charge on any atom is 0.490 e. The van der Waals surface area contributed by atoms with Crippen molar-refractivity contribution >= 4 is 55.4 Å². The van der Waals surface area contributed by atoms with Crippen molar-refractivity contribution in [3.8, 4) is 0 Å². The van der Waals surface area contributed by atoms with E-state index in [0.29, 0.717) is 0 Å². The van der Waals surface area contributed by atoms with Crippen LogP contribution in [0.5, 0.6) is 0 Å². The molecule has 0 bridgehead atoms. The van der Waals surface area contributed by atoms with E-state index in [4.69, 9.17) is 21.0 Å². The molecule has 0 aliphatic rings. The minimum absolute atomic E-state index is 0.108. The number of carboxylic acids is 1. The SMILES string of the molecule is N=C(N)c1cc2c(Nc3nccs3)cccc2s1.O=C(O)C(F)(F)F. The summed E-state index contributed by atoms with van der Waals surface area (Å²) >= 11 is 3.08. The Morgan fingerprint density at radius 3 is 2.56 bits per heavy atom. The number of alkyl halides is 3. The molecule has 0 unspecified atom stereocenters. The number of rotatable bonds is 3. The summed E-state index contributed by atoms with van der Waals surface area (Å²) in [5.74, 6) is -2.65. The Balaban J connectivity index is 0.000000277. The van der Waals surface area contributed by atoms with Gasteiger partial charge in [-0.25, -0.2) is 9.78 Å². The Hall–Kier alpha value is -2.66. The number of nitrogens with zero attached hydrogens (tertiary/aromatic N) is 1. The summed E-state index contributed by atoms with van der Waals surface area (Å²) < 4.78 is 32.8. The molecule has 2 aromatic heterocycles. The Bertz CT molecular complexity index is 891. The number of nitrogens with two attached hydrogens (primary N) is 1. The summed E-state index contributed by atoms with van der Waals surface area (Å²) in [6.45, 7) is 0. The van der Waals surface area contributed by atoms with Gasteiger partial charge in [0.2, 0.25) is 0 Å². The van der Waals surface area contributed by atoms with Gasteiger partial charge in [-0.15, -0.1) is 22.7 Å². The molecule has 25 heavy (non-hydrogen) atoms. The van der Waals surface area contributed by atoms with Gasteiger partial charge in [0, 0.05) is 27.4 Å². The Morgan fingerprint density at radius 2 is 2.04 bits per heavy atom. The Morgan fingerprint density at radius 1 is 1.36 bits per heavy atom. The van der Waals surface area contributed by atoms with Crippen molar-refractivity contribution in [3.05, 3.63) is 40.7 Å². The molecule has 0 saturated carbocycles. The van der Waals surface area contributed by atoms with Crippen molar-refractivity contribution in [2.24, 2.45) is 5.73 Å². The third-order valence-corrected chi connectivity index (χ3v) is 4.57.